The quantitative estimate of drug-likeness (QED) is 0.209. The zero-order valence-electron chi connectivity index (χ0n) is 17.8. The summed E-state index contributed by atoms with van der Waals surface area (Å²) in [5.41, 5.74) is -3.07. The van der Waals surface area contributed by atoms with Gasteiger partial charge in [-0.2, -0.15) is 26.3 Å². The molecule has 0 aliphatic carbocycles. The first kappa shape index (κ1) is 31.0. The van der Waals surface area contributed by atoms with Crippen LogP contribution in [-0.2, 0) is 18.9 Å². The van der Waals surface area contributed by atoms with Crippen LogP contribution in [0.5, 0.6) is 0 Å². The van der Waals surface area contributed by atoms with Gasteiger partial charge in [0.05, 0.1) is 33.0 Å². The lowest BCUT2D eigenvalue weighted by molar-refractivity contribution is -0.330. The highest BCUT2D eigenvalue weighted by molar-refractivity contribution is 4.88. The topological polar surface area (TPSA) is 36.9 Å². The van der Waals surface area contributed by atoms with E-state index in [2.05, 4.69) is 14.2 Å². The fraction of sp³-hybridized carbons (Fsp3) is 1.00. The number of rotatable bonds is 17. The Kier molecular flexibility index (Phi) is 10.8. The van der Waals surface area contributed by atoms with Gasteiger partial charge in [-0.3, -0.25) is 0 Å². The highest BCUT2D eigenvalue weighted by Gasteiger charge is 2.49. The highest BCUT2D eigenvalue weighted by Crippen LogP contribution is 2.41. The van der Waals surface area contributed by atoms with Gasteiger partial charge in [0.25, 0.3) is 0 Å². The van der Waals surface area contributed by atoms with Gasteiger partial charge >= 0.3 is 37.6 Å². The molecule has 0 radical (unpaired) electrons. The van der Waals surface area contributed by atoms with E-state index in [4.69, 9.17) is 4.74 Å². The average Bonchev–Trinajstić information content (AvgIpc) is 2.70. The Bertz CT molecular complexity index is 590. The van der Waals surface area contributed by atoms with Crippen LogP contribution in [0, 0.1) is 10.8 Å². The first-order chi connectivity index (χ1) is 15.4. The van der Waals surface area contributed by atoms with Crippen LogP contribution in [0.4, 0.5) is 52.7 Å². The molecular weight excluding hydrogens is 508 g/mol. The van der Waals surface area contributed by atoms with E-state index in [0.717, 1.165) is 0 Å². The van der Waals surface area contributed by atoms with Crippen molar-refractivity contribution in [3.63, 3.8) is 0 Å². The van der Waals surface area contributed by atoms with E-state index < -0.39 is 74.7 Å². The van der Waals surface area contributed by atoms with Crippen LogP contribution in [0.15, 0.2) is 0 Å². The first-order valence-corrected chi connectivity index (χ1v) is 9.90. The maximum Gasteiger partial charge on any atom is 0.416 e. The minimum atomic E-state index is -4.97. The predicted octanol–water partition coefficient (Wildman–Crippen LogP) is 6.19. The molecule has 0 amide bonds. The van der Waals surface area contributed by atoms with Crippen molar-refractivity contribution in [2.75, 3.05) is 33.0 Å². The molecule has 1 rings (SSSR count). The molecule has 1 aliphatic heterocycles. The van der Waals surface area contributed by atoms with Gasteiger partial charge in [-0.25, -0.2) is 26.3 Å². The Morgan fingerprint density at radius 1 is 0.735 bits per heavy atom. The summed E-state index contributed by atoms with van der Waals surface area (Å²) in [5, 5.41) is 0. The molecule has 1 fully saturated rings. The van der Waals surface area contributed by atoms with Gasteiger partial charge in [-0.05, 0) is 19.3 Å². The van der Waals surface area contributed by atoms with Crippen molar-refractivity contribution in [2.24, 2.45) is 10.8 Å². The van der Waals surface area contributed by atoms with Crippen molar-refractivity contribution in [3.8, 4) is 0 Å². The number of ether oxygens (including phenoxy) is 4. The average molecular weight is 532 g/mol. The largest absolute Gasteiger partial charge is 0.416 e. The summed E-state index contributed by atoms with van der Waals surface area (Å²) in [5.74, 6) is 0. The number of hydrogen-bond acceptors (Lipinski definition) is 4. The third-order valence-electron chi connectivity index (χ3n) is 5.46. The van der Waals surface area contributed by atoms with E-state index in [1.807, 2.05) is 0 Å². The van der Waals surface area contributed by atoms with Crippen LogP contribution in [0.3, 0.4) is 0 Å². The number of hydrogen-bond donors (Lipinski definition) is 0. The van der Waals surface area contributed by atoms with E-state index in [1.54, 1.807) is 0 Å². The lowest BCUT2D eigenvalue weighted by atomic mass is 9.76. The Morgan fingerprint density at radius 3 is 1.47 bits per heavy atom. The van der Waals surface area contributed by atoms with Gasteiger partial charge < -0.3 is 18.9 Å². The summed E-state index contributed by atoms with van der Waals surface area (Å²) in [4.78, 5) is 0. The molecule has 0 N–H and O–H groups in total. The lowest BCUT2D eigenvalue weighted by Gasteiger charge is -2.43. The second kappa shape index (κ2) is 11.8. The molecular formula is C18H24F12O4. The fourth-order valence-electron chi connectivity index (χ4n) is 3.03. The molecule has 1 saturated heterocycles. The molecule has 0 aromatic rings. The Balaban J connectivity index is 2.88. The van der Waals surface area contributed by atoms with E-state index in [0.29, 0.717) is 0 Å². The number of alkyl halides is 12. The van der Waals surface area contributed by atoms with Crippen LogP contribution in [-0.4, -0.2) is 70.6 Å². The molecule has 4 nitrogen and oxygen atoms in total. The normalized spacial score (nSPS) is 17.6. The van der Waals surface area contributed by atoms with Crippen molar-refractivity contribution in [1.82, 2.24) is 0 Å². The van der Waals surface area contributed by atoms with Gasteiger partial charge in [0, 0.05) is 10.8 Å². The maximum absolute atomic E-state index is 13.2. The molecule has 1 heterocycles. The third kappa shape index (κ3) is 8.59. The highest BCUT2D eigenvalue weighted by atomic mass is 19.3. The smallest absolute Gasteiger partial charge is 0.380 e. The van der Waals surface area contributed by atoms with Crippen LogP contribution in [0.2, 0.25) is 0 Å². The number of halogens is 12. The van der Waals surface area contributed by atoms with Gasteiger partial charge in [-0.1, -0.05) is 13.3 Å². The Hall–Kier alpha value is -1.00. The lowest BCUT2D eigenvalue weighted by Crippen LogP contribution is -2.49. The van der Waals surface area contributed by atoms with Crippen LogP contribution in [0.1, 0.15) is 32.6 Å². The minimum absolute atomic E-state index is 0.120. The van der Waals surface area contributed by atoms with Gasteiger partial charge in [0.1, 0.15) is 0 Å². The second-order valence-electron chi connectivity index (χ2n) is 8.15. The molecule has 0 saturated carbocycles. The van der Waals surface area contributed by atoms with E-state index in [-0.39, 0.29) is 32.5 Å². The van der Waals surface area contributed by atoms with Gasteiger partial charge in [0.2, 0.25) is 0 Å². The minimum Gasteiger partial charge on any atom is -0.380 e. The SMILES string of the molecule is CCC(CCCC1(COC(F)(F)C(F)F)COC1)(COC(F)(F)C(F)F)COC(F)(F)C(F)F. The molecule has 0 unspecified atom stereocenters. The fourth-order valence-corrected chi connectivity index (χ4v) is 3.03. The molecule has 1 aliphatic rings. The zero-order chi connectivity index (χ0) is 26.4. The third-order valence-corrected chi connectivity index (χ3v) is 5.46. The summed E-state index contributed by atoms with van der Waals surface area (Å²) in [7, 11) is 0. The van der Waals surface area contributed by atoms with Crippen molar-refractivity contribution in [3.05, 3.63) is 0 Å². The molecule has 0 aromatic heterocycles. The van der Waals surface area contributed by atoms with Crippen LogP contribution < -0.4 is 0 Å². The molecule has 0 spiro atoms. The Morgan fingerprint density at radius 2 is 1.15 bits per heavy atom. The van der Waals surface area contributed by atoms with Crippen molar-refractivity contribution in [2.45, 2.75) is 70.2 Å². The molecule has 0 aromatic carbocycles. The van der Waals surface area contributed by atoms with Gasteiger partial charge in [0.15, 0.2) is 0 Å². The summed E-state index contributed by atoms with van der Waals surface area (Å²) in [6, 6.07) is 0. The summed E-state index contributed by atoms with van der Waals surface area (Å²) in [6.07, 6.45) is -28.3. The predicted molar refractivity (Wildman–Crippen MR) is 90.5 cm³/mol. The zero-order valence-corrected chi connectivity index (χ0v) is 17.8. The Labute approximate surface area is 186 Å². The van der Waals surface area contributed by atoms with E-state index in [9.17, 15) is 52.7 Å². The van der Waals surface area contributed by atoms with Crippen LogP contribution >= 0.6 is 0 Å². The standard InChI is InChI=1S/C18H24F12O4/c1-2-14(8-32-16(25,26)11(19)20,9-33-17(27,28)12(21)22)4-3-5-15(6-31-7-15)10-34-18(29,30)13(23)24/h11-13H,2-10H2,1H3. The molecule has 0 atom stereocenters. The maximum atomic E-state index is 13.2. The van der Waals surface area contributed by atoms with Crippen molar-refractivity contribution >= 4 is 0 Å². The molecule has 34 heavy (non-hydrogen) atoms. The van der Waals surface area contributed by atoms with Crippen molar-refractivity contribution < 1.29 is 71.6 Å². The summed E-state index contributed by atoms with van der Waals surface area (Å²) in [6.45, 7) is -2.62. The molecule has 16 heteroatoms. The molecule has 0 bridgehead atoms. The molecule has 204 valence electrons. The summed E-state index contributed by atoms with van der Waals surface area (Å²) < 4.78 is 170. The summed E-state index contributed by atoms with van der Waals surface area (Å²) >= 11 is 0. The second-order valence-corrected chi connectivity index (χ2v) is 8.15. The van der Waals surface area contributed by atoms with Crippen LogP contribution in [0.25, 0.3) is 0 Å². The monoisotopic (exact) mass is 532 g/mol. The van der Waals surface area contributed by atoms with E-state index in [1.165, 1.54) is 6.92 Å². The van der Waals surface area contributed by atoms with E-state index >= 15 is 0 Å². The van der Waals surface area contributed by atoms with Gasteiger partial charge in [-0.15, -0.1) is 0 Å². The first-order valence-electron chi connectivity index (χ1n) is 9.90. The van der Waals surface area contributed by atoms with Crippen molar-refractivity contribution in [1.29, 1.82) is 0 Å².